The van der Waals surface area contributed by atoms with Crippen molar-refractivity contribution in [2.24, 2.45) is 0 Å². The van der Waals surface area contributed by atoms with Crippen LogP contribution < -0.4 is 19.1 Å². The van der Waals surface area contributed by atoms with Crippen molar-refractivity contribution in [2.45, 2.75) is 37.6 Å². The molecule has 1 N–H and O–H groups in total. The van der Waals surface area contributed by atoms with Crippen molar-refractivity contribution in [1.82, 2.24) is 4.72 Å². The van der Waals surface area contributed by atoms with Gasteiger partial charge >= 0.3 is 0 Å². The highest BCUT2D eigenvalue weighted by Gasteiger charge is 2.27. The third-order valence-electron chi connectivity index (χ3n) is 4.85. The molecule has 0 radical (unpaired) electrons. The van der Waals surface area contributed by atoms with Crippen LogP contribution in [0.1, 0.15) is 38.3 Å². The van der Waals surface area contributed by atoms with Gasteiger partial charge in [0.25, 0.3) is 0 Å². The molecule has 1 amide bonds. The van der Waals surface area contributed by atoms with Crippen LogP contribution in [0.3, 0.4) is 0 Å². The maximum Gasteiger partial charge on any atom is 0.241 e. The fraction of sp³-hybridized carbons (Fsp3) is 0.381. The summed E-state index contributed by atoms with van der Waals surface area (Å²) in [6.07, 6.45) is 1.19. The number of carbonyl (C=O) groups is 1. The van der Waals surface area contributed by atoms with Gasteiger partial charge in [-0.3, -0.25) is 4.79 Å². The quantitative estimate of drug-likeness (QED) is 0.711. The van der Waals surface area contributed by atoms with Crippen LogP contribution >= 0.6 is 0 Å². The summed E-state index contributed by atoms with van der Waals surface area (Å²) in [7, 11) is -2.30. The Hall–Kier alpha value is -2.58. The summed E-state index contributed by atoms with van der Waals surface area (Å²) < 4.78 is 39.4. The second-order valence-electron chi connectivity index (χ2n) is 6.83. The molecule has 0 unspecified atom stereocenters. The van der Waals surface area contributed by atoms with E-state index >= 15 is 0 Å². The van der Waals surface area contributed by atoms with E-state index in [1.165, 1.54) is 19.2 Å². The van der Waals surface area contributed by atoms with Gasteiger partial charge in [0.2, 0.25) is 15.9 Å². The Labute approximate surface area is 171 Å². The Bertz CT molecular complexity index is 973. The van der Waals surface area contributed by atoms with Gasteiger partial charge in [-0.15, -0.1) is 0 Å². The average Bonchev–Trinajstić information content (AvgIpc) is 3.13. The number of sulfonamides is 1. The molecule has 2 aromatic rings. The van der Waals surface area contributed by atoms with Gasteiger partial charge < -0.3 is 14.4 Å². The lowest BCUT2D eigenvalue weighted by Crippen LogP contribution is -2.28. The largest absolute Gasteiger partial charge is 0.495 e. The topological polar surface area (TPSA) is 84.9 Å². The molecule has 1 atom stereocenters. The molecular formula is C21H26N2O5S. The van der Waals surface area contributed by atoms with Crippen molar-refractivity contribution in [3.8, 4) is 11.5 Å². The van der Waals surface area contributed by atoms with Crippen LogP contribution in [0.15, 0.2) is 47.4 Å². The molecule has 156 valence electrons. The molecule has 2 aromatic carbocycles. The van der Waals surface area contributed by atoms with E-state index in [9.17, 15) is 13.2 Å². The van der Waals surface area contributed by atoms with Crippen LogP contribution in [0, 0.1) is 0 Å². The molecule has 1 aliphatic heterocycles. The SMILES string of the molecule is CCOc1ccc([C@H](C)NS(=O)(=O)c2ccc(OC)c(N3CCCC3=O)c2)cc1. The van der Waals surface area contributed by atoms with Gasteiger partial charge in [-0.1, -0.05) is 12.1 Å². The van der Waals surface area contributed by atoms with E-state index in [4.69, 9.17) is 9.47 Å². The van der Waals surface area contributed by atoms with Crippen LogP contribution in [-0.2, 0) is 14.8 Å². The van der Waals surface area contributed by atoms with Crippen molar-refractivity contribution in [3.05, 3.63) is 48.0 Å². The second-order valence-corrected chi connectivity index (χ2v) is 8.54. The highest BCUT2D eigenvalue weighted by molar-refractivity contribution is 7.89. The zero-order chi connectivity index (χ0) is 21.0. The summed E-state index contributed by atoms with van der Waals surface area (Å²) in [5, 5.41) is 0. The highest BCUT2D eigenvalue weighted by atomic mass is 32.2. The van der Waals surface area contributed by atoms with Gasteiger partial charge in [-0.05, 0) is 56.2 Å². The number of benzene rings is 2. The minimum absolute atomic E-state index is 0.0337. The molecule has 8 heteroatoms. The number of hydrogen-bond donors (Lipinski definition) is 1. The van der Waals surface area contributed by atoms with E-state index in [1.54, 1.807) is 17.9 Å². The number of ether oxygens (including phenoxy) is 2. The molecule has 29 heavy (non-hydrogen) atoms. The number of anilines is 1. The van der Waals surface area contributed by atoms with Crippen molar-refractivity contribution in [2.75, 3.05) is 25.2 Å². The number of carbonyl (C=O) groups excluding carboxylic acids is 1. The average molecular weight is 419 g/mol. The summed E-state index contributed by atoms with van der Waals surface area (Å²) >= 11 is 0. The van der Waals surface area contributed by atoms with E-state index in [1.807, 2.05) is 31.2 Å². The summed E-state index contributed by atoms with van der Waals surface area (Å²) in [5.74, 6) is 1.17. The number of amides is 1. The Kier molecular flexibility index (Phi) is 6.44. The molecule has 0 spiro atoms. The molecule has 0 saturated carbocycles. The predicted molar refractivity (Wildman–Crippen MR) is 111 cm³/mol. The Morgan fingerprint density at radius 1 is 1.17 bits per heavy atom. The summed E-state index contributed by atoms with van der Waals surface area (Å²) in [4.78, 5) is 13.8. The van der Waals surface area contributed by atoms with Gasteiger partial charge in [-0.25, -0.2) is 13.1 Å². The number of methoxy groups -OCH3 is 1. The normalized spacial score (nSPS) is 15.4. The smallest absolute Gasteiger partial charge is 0.241 e. The van der Waals surface area contributed by atoms with E-state index in [0.717, 1.165) is 17.7 Å². The molecule has 0 aromatic heterocycles. The Morgan fingerprint density at radius 3 is 2.48 bits per heavy atom. The summed E-state index contributed by atoms with van der Waals surface area (Å²) in [5.41, 5.74) is 1.30. The van der Waals surface area contributed by atoms with Crippen molar-refractivity contribution in [1.29, 1.82) is 0 Å². The first-order chi connectivity index (χ1) is 13.9. The van der Waals surface area contributed by atoms with Crippen molar-refractivity contribution < 1.29 is 22.7 Å². The molecule has 0 bridgehead atoms. The first-order valence-corrected chi connectivity index (χ1v) is 11.1. The van der Waals surface area contributed by atoms with E-state index < -0.39 is 16.1 Å². The van der Waals surface area contributed by atoms with Crippen LogP contribution in [0.2, 0.25) is 0 Å². The van der Waals surface area contributed by atoms with Crippen molar-refractivity contribution in [3.63, 3.8) is 0 Å². The number of rotatable bonds is 8. The van der Waals surface area contributed by atoms with E-state index in [0.29, 0.717) is 31.0 Å². The minimum Gasteiger partial charge on any atom is -0.495 e. The third-order valence-corrected chi connectivity index (χ3v) is 6.39. The molecule has 3 rings (SSSR count). The van der Waals surface area contributed by atoms with Gasteiger partial charge in [-0.2, -0.15) is 0 Å². The Morgan fingerprint density at radius 2 is 1.90 bits per heavy atom. The first kappa shape index (κ1) is 21.1. The van der Waals surface area contributed by atoms with Gasteiger partial charge in [0.05, 0.1) is 24.3 Å². The fourth-order valence-corrected chi connectivity index (χ4v) is 4.59. The molecule has 1 aliphatic rings. The zero-order valence-corrected chi connectivity index (χ0v) is 17.7. The molecule has 1 heterocycles. The minimum atomic E-state index is -3.80. The van der Waals surface area contributed by atoms with E-state index in [2.05, 4.69) is 4.72 Å². The van der Waals surface area contributed by atoms with Crippen LogP contribution in [0.5, 0.6) is 11.5 Å². The zero-order valence-electron chi connectivity index (χ0n) is 16.8. The lowest BCUT2D eigenvalue weighted by molar-refractivity contribution is -0.117. The molecule has 1 saturated heterocycles. The van der Waals surface area contributed by atoms with Gasteiger partial charge in [0, 0.05) is 19.0 Å². The van der Waals surface area contributed by atoms with Crippen LogP contribution in [0.4, 0.5) is 5.69 Å². The van der Waals surface area contributed by atoms with Gasteiger partial charge in [0.1, 0.15) is 11.5 Å². The molecule has 1 fully saturated rings. The maximum atomic E-state index is 13.0. The summed E-state index contributed by atoms with van der Waals surface area (Å²) in [6, 6.07) is 11.4. The highest BCUT2D eigenvalue weighted by Crippen LogP contribution is 2.34. The number of nitrogens with one attached hydrogen (secondary N) is 1. The third kappa shape index (κ3) is 4.71. The fourth-order valence-electron chi connectivity index (χ4n) is 3.34. The second kappa shape index (κ2) is 8.84. The van der Waals surface area contributed by atoms with Crippen molar-refractivity contribution >= 4 is 21.6 Å². The monoisotopic (exact) mass is 418 g/mol. The molecule has 7 nitrogen and oxygen atoms in total. The van der Waals surface area contributed by atoms with Gasteiger partial charge in [0.15, 0.2) is 0 Å². The van der Waals surface area contributed by atoms with E-state index in [-0.39, 0.29) is 10.8 Å². The molecular weight excluding hydrogens is 392 g/mol. The van der Waals surface area contributed by atoms with Crippen LogP contribution in [0.25, 0.3) is 0 Å². The Balaban J connectivity index is 1.84. The maximum absolute atomic E-state index is 13.0. The number of hydrogen-bond acceptors (Lipinski definition) is 5. The van der Waals surface area contributed by atoms with Crippen LogP contribution in [-0.4, -0.2) is 34.6 Å². The predicted octanol–water partition coefficient (Wildman–Crippen LogP) is 3.26. The number of nitrogens with zero attached hydrogens (tertiary/aromatic N) is 1. The standard InChI is InChI=1S/C21H26N2O5S/c1-4-28-17-9-7-16(8-10-17)15(2)22-29(25,26)18-11-12-20(27-3)19(14-18)23-13-5-6-21(23)24/h7-12,14-15,22H,4-6,13H2,1-3H3/t15-/m0/s1. The summed E-state index contributed by atoms with van der Waals surface area (Å²) in [6.45, 7) is 4.81. The lowest BCUT2D eigenvalue weighted by Gasteiger charge is -2.21. The first-order valence-electron chi connectivity index (χ1n) is 9.59. The molecule has 0 aliphatic carbocycles. The lowest BCUT2D eigenvalue weighted by atomic mass is 10.1.